The SMILES string of the molecule is CN(C)C(=O)CN1CCC(c2nccnc2Nc2cnccn2)CC1. The van der Waals surface area contributed by atoms with Gasteiger partial charge in [-0.1, -0.05) is 0 Å². The molecular formula is C17H23N7O. The molecule has 2 aromatic heterocycles. The molecule has 132 valence electrons. The summed E-state index contributed by atoms with van der Waals surface area (Å²) in [6, 6.07) is 0. The quantitative estimate of drug-likeness (QED) is 0.876. The van der Waals surface area contributed by atoms with Gasteiger partial charge in [-0.3, -0.25) is 19.7 Å². The summed E-state index contributed by atoms with van der Waals surface area (Å²) in [7, 11) is 3.58. The maximum atomic E-state index is 11.9. The number of hydrogen-bond acceptors (Lipinski definition) is 7. The molecule has 3 rings (SSSR count). The Labute approximate surface area is 147 Å². The third-order valence-corrected chi connectivity index (χ3v) is 4.37. The zero-order valence-corrected chi connectivity index (χ0v) is 14.6. The van der Waals surface area contributed by atoms with Crippen LogP contribution in [0.25, 0.3) is 0 Å². The number of likely N-dealkylation sites (tertiary alicyclic amines) is 1. The van der Waals surface area contributed by atoms with Gasteiger partial charge in [0, 0.05) is 44.8 Å². The van der Waals surface area contributed by atoms with Gasteiger partial charge in [-0.2, -0.15) is 0 Å². The second-order valence-corrected chi connectivity index (χ2v) is 6.34. The van der Waals surface area contributed by atoms with Crippen LogP contribution in [0.2, 0.25) is 0 Å². The number of hydrogen-bond donors (Lipinski definition) is 1. The van der Waals surface area contributed by atoms with E-state index in [0.29, 0.717) is 18.3 Å². The van der Waals surface area contributed by atoms with Crippen LogP contribution in [-0.2, 0) is 4.79 Å². The molecule has 0 saturated carbocycles. The fourth-order valence-electron chi connectivity index (χ4n) is 2.93. The minimum atomic E-state index is 0.142. The number of rotatable bonds is 5. The van der Waals surface area contributed by atoms with Crippen molar-refractivity contribution in [3.63, 3.8) is 0 Å². The van der Waals surface area contributed by atoms with Crippen LogP contribution in [0.4, 0.5) is 11.6 Å². The maximum Gasteiger partial charge on any atom is 0.236 e. The second-order valence-electron chi connectivity index (χ2n) is 6.34. The number of aromatic nitrogens is 4. The van der Waals surface area contributed by atoms with Crippen LogP contribution >= 0.6 is 0 Å². The van der Waals surface area contributed by atoms with Crippen molar-refractivity contribution in [1.29, 1.82) is 0 Å². The molecule has 25 heavy (non-hydrogen) atoms. The van der Waals surface area contributed by atoms with Crippen LogP contribution in [0, 0.1) is 0 Å². The van der Waals surface area contributed by atoms with Gasteiger partial charge in [0.05, 0.1) is 18.4 Å². The molecule has 0 radical (unpaired) electrons. The van der Waals surface area contributed by atoms with E-state index in [2.05, 4.69) is 30.2 Å². The summed E-state index contributed by atoms with van der Waals surface area (Å²) in [4.78, 5) is 33.0. The van der Waals surface area contributed by atoms with Gasteiger partial charge in [0.1, 0.15) is 5.82 Å². The number of nitrogens with one attached hydrogen (secondary N) is 1. The highest BCUT2D eigenvalue weighted by molar-refractivity contribution is 5.77. The Morgan fingerprint density at radius 2 is 1.88 bits per heavy atom. The van der Waals surface area contributed by atoms with Crippen molar-refractivity contribution in [3.05, 3.63) is 36.7 Å². The molecular weight excluding hydrogens is 318 g/mol. The second kappa shape index (κ2) is 7.98. The Morgan fingerprint density at radius 1 is 1.16 bits per heavy atom. The summed E-state index contributed by atoms with van der Waals surface area (Å²) in [6.45, 7) is 2.24. The first-order valence-corrected chi connectivity index (χ1v) is 8.40. The van der Waals surface area contributed by atoms with Crippen LogP contribution in [0.1, 0.15) is 24.5 Å². The van der Waals surface area contributed by atoms with E-state index in [-0.39, 0.29) is 5.91 Å². The molecule has 2 aromatic rings. The topological polar surface area (TPSA) is 87.1 Å². The van der Waals surface area contributed by atoms with Gasteiger partial charge < -0.3 is 10.2 Å². The first kappa shape index (κ1) is 17.2. The third-order valence-electron chi connectivity index (χ3n) is 4.37. The van der Waals surface area contributed by atoms with E-state index in [0.717, 1.165) is 37.4 Å². The molecule has 1 fully saturated rings. The Balaban J connectivity index is 1.65. The molecule has 0 spiro atoms. The first-order valence-electron chi connectivity index (χ1n) is 8.40. The zero-order chi connectivity index (χ0) is 17.6. The number of carbonyl (C=O) groups is 1. The van der Waals surface area contributed by atoms with Crippen molar-refractivity contribution in [1.82, 2.24) is 29.7 Å². The lowest BCUT2D eigenvalue weighted by Gasteiger charge is -2.32. The maximum absolute atomic E-state index is 11.9. The summed E-state index contributed by atoms with van der Waals surface area (Å²) in [5, 5.41) is 3.21. The highest BCUT2D eigenvalue weighted by atomic mass is 16.2. The lowest BCUT2D eigenvalue weighted by atomic mass is 9.93. The van der Waals surface area contributed by atoms with E-state index >= 15 is 0 Å². The monoisotopic (exact) mass is 341 g/mol. The molecule has 0 atom stereocenters. The average molecular weight is 341 g/mol. The minimum Gasteiger partial charge on any atom is -0.348 e. The van der Waals surface area contributed by atoms with Gasteiger partial charge in [0.25, 0.3) is 0 Å². The molecule has 8 heteroatoms. The Morgan fingerprint density at radius 3 is 2.56 bits per heavy atom. The van der Waals surface area contributed by atoms with Crippen molar-refractivity contribution in [2.45, 2.75) is 18.8 Å². The molecule has 0 aliphatic carbocycles. The van der Waals surface area contributed by atoms with E-state index in [4.69, 9.17) is 0 Å². The Hall–Kier alpha value is -2.61. The smallest absolute Gasteiger partial charge is 0.236 e. The molecule has 3 heterocycles. The lowest BCUT2D eigenvalue weighted by molar-refractivity contribution is -0.130. The Bertz CT molecular complexity index is 699. The van der Waals surface area contributed by atoms with Crippen molar-refractivity contribution < 1.29 is 4.79 Å². The van der Waals surface area contributed by atoms with Gasteiger partial charge in [0.15, 0.2) is 5.82 Å². The molecule has 1 amide bonds. The van der Waals surface area contributed by atoms with Crippen molar-refractivity contribution in [2.75, 3.05) is 39.0 Å². The van der Waals surface area contributed by atoms with Crippen LogP contribution in [-0.4, -0.2) is 69.4 Å². The molecule has 0 aromatic carbocycles. The summed E-state index contributed by atoms with van der Waals surface area (Å²) >= 11 is 0. The molecule has 0 bridgehead atoms. The number of amides is 1. The largest absolute Gasteiger partial charge is 0.348 e. The molecule has 8 nitrogen and oxygen atoms in total. The van der Waals surface area contributed by atoms with Gasteiger partial charge >= 0.3 is 0 Å². The number of carbonyl (C=O) groups excluding carboxylic acids is 1. The minimum absolute atomic E-state index is 0.142. The predicted molar refractivity (Wildman–Crippen MR) is 94.5 cm³/mol. The van der Waals surface area contributed by atoms with Crippen LogP contribution < -0.4 is 5.32 Å². The highest BCUT2D eigenvalue weighted by Gasteiger charge is 2.25. The fraction of sp³-hybridized carbons (Fsp3) is 0.471. The van der Waals surface area contributed by atoms with E-state index < -0.39 is 0 Å². The van der Waals surface area contributed by atoms with Gasteiger partial charge in [-0.05, 0) is 25.9 Å². The molecule has 1 aliphatic heterocycles. The summed E-state index contributed by atoms with van der Waals surface area (Å²) in [6.07, 6.45) is 10.2. The standard InChI is InChI=1S/C17H23N7O/c1-23(2)15(25)12-24-9-3-13(4-10-24)16-17(21-8-7-20-16)22-14-11-18-5-6-19-14/h5-8,11,13H,3-4,9-10,12H2,1-2H3,(H,19,21,22). The number of anilines is 2. The zero-order valence-electron chi connectivity index (χ0n) is 14.6. The molecule has 1 saturated heterocycles. The van der Waals surface area contributed by atoms with Gasteiger partial charge in [-0.25, -0.2) is 9.97 Å². The van der Waals surface area contributed by atoms with Crippen molar-refractivity contribution in [3.8, 4) is 0 Å². The fourth-order valence-corrected chi connectivity index (χ4v) is 2.93. The number of likely N-dealkylation sites (N-methyl/N-ethyl adjacent to an activating group) is 1. The lowest BCUT2D eigenvalue weighted by Crippen LogP contribution is -2.40. The number of piperidine rings is 1. The van der Waals surface area contributed by atoms with Crippen molar-refractivity contribution >= 4 is 17.5 Å². The molecule has 1 N–H and O–H groups in total. The predicted octanol–water partition coefficient (Wildman–Crippen LogP) is 1.28. The third kappa shape index (κ3) is 4.48. The van der Waals surface area contributed by atoms with E-state index in [1.807, 2.05) is 0 Å². The van der Waals surface area contributed by atoms with Crippen LogP contribution in [0.5, 0.6) is 0 Å². The van der Waals surface area contributed by atoms with Crippen LogP contribution in [0.3, 0.4) is 0 Å². The summed E-state index contributed by atoms with van der Waals surface area (Å²) < 4.78 is 0. The highest BCUT2D eigenvalue weighted by Crippen LogP contribution is 2.31. The van der Waals surface area contributed by atoms with Crippen LogP contribution in [0.15, 0.2) is 31.0 Å². The number of nitrogens with zero attached hydrogens (tertiary/aromatic N) is 6. The summed E-state index contributed by atoms with van der Waals surface area (Å²) in [5.41, 5.74) is 0.951. The van der Waals surface area contributed by atoms with Gasteiger partial charge in [-0.15, -0.1) is 0 Å². The average Bonchev–Trinajstić information content (AvgIpc) is 2.64. The molecule has 1 aliphatic rings. The molecule has 0 unspecified atom stereocenters. The normalized spacial score (nSPS) is 15.8. The van der Waals surface area contributed by atoms with E-state index in [9.17, 15) is 4.79 Å². The van der Waals surface area contributed by atoms with E-state index in [1.165, 1.54) is 0 Å². The van der Waals surface area contributed by atoms with E-state index in [1.54, 1.807) is 50.0 Å². The van der Waals surface area contributed by atoms with Gasteiger partial charge in [0.2, 0.25) is 5.91 Å². The first-order chi connectivity index (χ1) is 12.1. The Kier molecular flexibility index (Phi) is 5.49. The summed E-state index contributed by atoms with van der Waals surface area (Å²) in [5.74, 6) is 1.84. The van der Waals surface area contributed by atoms with Crippen molar-refractivity contribution in [2.24, 2.45) is 0 Å².